The SMILES string of the molecule is CC(=O)C(C(C)=O)(C(C)=O)C(C)=O.[AlH3]. The van der Waals surface area contributed by atoms with E-state index in [0.717, 1.165) is 27.7 Å². The van der Waals surface area contributed by atoms with Crippen molar-refractivity contribution >= 4 is 40.5 Å². The molecule has 78 valence electrons. The van der Waals surface area contributed by atoms with E-state index in [1.165, 1.54) is 0 Å². The number of carbonyl (C=O) groups excluding carboxylic acids is 4. The molecule has 4 nitrogen and oxygen atoms in total. The van der Waals surface area contributed by atoms with Crippen molar-refractivity contribution in [2.75, 3.05) is 0 Å². The van der Waals surface area contributed by atoms with Crippen molar-refractivity contribution in [1.29, 1.82) is 0 Å². The average molecular weight is 214 g/mol. The first-order valence-corrected chi connectivity index (χ1v) is 3.82. The van der Waals surface area contributed by atoms with Gasteiger partial charge in [0.1, 0.15) is 0 Å². The fraction of sp³-hybridized carbons (Fsp3) is 0.556. The maximum atomic E-state index is 11.1. The first kappa shape index (κ1) is 15.7. The van der Waals surface area contributed by atoms with Gasteiger partial charge in [0.2, 0.25) is 5.41 Å². The van der Waals surface area contributed by atoms with Crippen molar-refractivity contribution in [1.82, 2.24) is 0 Å². The number of ketones is 4. The van der Waals surface area contributed by atoms with E-state index >= 15 is 0 Å². The molecule has 0 heterocycles. The Morgan fingerprint density at radius 2 is 0.786 bits per heavy atom. The Balaban J connectivity index is 0. The van der Waals surface area contributed by atoms with Crippen LogP contribution in [0.25, 0.3) is 0 Å². The molecule has 0 bridgehead atoms. The van der Waals surface area contributed by atoms with E-state index in [1.54, 1.807) is 0 Å². The Labute approximate surface area is 93.2 Å². The maximum Gasteiger partial charge on any atom is 0.202 e. The summed E-state index contributed by atoms with van der Waals surface area (Å²) in [5, 5.41) is 0. The van der Waals surface area contributed by atoms with E-state index in [9.17, 15) is 19.2 Å². The van der Waals surface area contributed by atoms with Crippen LogP contribution in [0.1, 0.15) is 27.7 Å². The summed E-state index contributed by atoms with van der Waals surface area (Å²) in [6.45, 7) is 4.29. The largest absolute Gasteiger partial charge is 0.298 e. The Kier molecular flexibility index (Phi) is 5.80. The van der Waals surface area contributed by atoms with Crippen molar-refractivity contribution in [3.05, 3.63) is 0 Å². The van der Waals surface area contributed by atoms with Crippen LogP contribution < -0.4 is 0 Å². The zero-order chi connectivity index (χ0) is 10.8. The van der Waals surface area contributed by atoms with Crippen molar-refractivity contribution in [2.24, 2.45) is 5.41 Å². The first-order valence-electron chi connectivity index (χ1n) is 3.82. The predicted molar refractivity (Wildman–Crippen MR) is 55.1 cm³/mol. The molecule has 0 aliphatic carbocycles. The van der Waals surface area contributed by atoms with E-state index in [1.807, 2.05) is 0 Å². The molecule has 0 aliphatic rings. The van der Waals surface area contributed by atoms with Crippen LogP contribution in [-0.4, -0.2) is 40.5 Å². The number of Topliss-reactive ketones (excluding diaryl/α,β-unsaturated/α-hetero) is 4. The molecule has 0 saturated carbocycles. The third-order valence-corrected chi connectivity index (χ3v) is 2.11. The van der Waals surface area contributed by atoms with Crippen LogP contribution in [0.2, 0.25) is 0 Å². The summed E-state index contributed by atoms with van der Waals surface area (Å²) >= 11 is 0. The highest BCUT2D eigenvalue weighted by atomic mass is 27.0. The molecule has 0 unspecified atom stereocenters. The van der Waals surface area contributed by atoms with Crippen LogP contribution in [0, 0.1) is 5.41 Å². The van der Waals surface area contributed by atoms with Gasteiger partial charge in [0, 0.05) is 0 Å². The Bertz CT molecular complexity index is 232. The van der Waals surface area contributed by atoms with Crippen LogP contribution in [0.3, 0.4) is 0 Å². The smallest absolute Gasteiger partial charge is 0.202 e. The number of hydrogen-bond acceptors (Lipinski definition) is 4. The molecule has 0 amide bonds. The molecule has 0 aromatic rings. The molecule has 14 heavy (non-hydrogen) atoms. The predicted octanol–water partition coefficient (Wildman–Crippen LogP) is -0.855. The summed E-state index contributed by atoms with van der Waals surface area (Å²) in [4.78, 5) is 44.5. The highest BCUT2D eigenvalue weighted by Crippen LogP contribution is 2.22. The van der Waals surface area contributed by atoms with Gasteiger partial charge in [0.05, 0.1) is 0 Å². The molecule has 0 atom stereocenters. The minimum atomic E-state index is -2.06. The molecule has 0 rings (SSSR count). The molecule has 0 spiro atoms. The molecule has 0 aliphatic heterocycles. The summed E-state index contributed by atoms with van der Waals surface area (Å²) in [6, 6.07) is 0. The minimum Gasteiger partial charge on any atom is -0.298 e. The van der Waals surface area contributed by atoms with Gasteiger partial charge in [-0.15, -0.1) is 0 Å². The first-order chi connectivity index (χ1) is 5.77. The maximum absolute atomic E-state index is 11.1. The van der Waals surface area contributed by atoms with Gasteiger partial charge in [0.15, 0.2) is 40.5 Å². The molecule has 0 aromatic carbocycles. The van der Waals surface area contributed by atoms with E-state index in [4.69, 9.17) is 0 Å². The third-order valence-electron chi connectivity index (χ3n) is 2.11. The van der Waals surface area contributed by atoms with Gasteiger partial charge in [-0.3, -0.25) is 19.2 Å². The van der Waals surface area contributed by atoms with Crippen molar-refractivity contribution in [2.45, 2.75) is 27.7 Å². The minimum absolute atomic E-state index is 0. The van der Waals surface area contributed by atoms with Crippen LogP contribution >= 0.6 is 0 Å². The summed E-state index contributed by atoms with van der Waals surface area (Å²) in [6.07, 6.45) is 0. The number of rotatable bonds is 4. The highest BCUT2D eigenvalue weighted by molar-refractivity contribution is 6.37. The molecular weight excluding hydrogens is 199 g/mol. The number of hydrogen-bond donors (Lipinski definition) is 0. The Morgan fingerprint density at radius 3 is 0.786 bits per heavy atom. The highest BCUT2D eigenvalue weighted by Gasteiger charge is 2.49. The van der Waals surface area contributed by atoms with Crippen molar-refractivity contribution in [3.63, 3.8) is 0 Å². The van der Waals surface area contributed by atoms with Crippen molar-refractivity contribution < 1.29 is 19.2 Å². The lowest BCUT2D eigenvalue weighted by atomic mass is 9.74. The van der Waals surface area contributed by atoms with E-state index < -0.39 is 28.5 Å². The lowest BCUT2D eigenvalue weighted by Crippen LogP contribution is -2.48. The normalized spacial score (nSPS) is 10.0. The lowest BCUT2D eigenvalue weighted by molar-refractivity contribution is -0.151. The molecule has 0 N–H and O–H groups in total. The van der Waals surface area contributed by atoms with Gasteiger partial charge in [0.25, 0.3) is 0 Å². The summed E-state index contributed by atoms with van der Waals surface area (Å²) in [7, 11) is 0. The molecule has 5 heteroatoms. The van der Waals surface area contributed by atoms with Gasteiger partial charge < -0.3 is 0 Å². The van der Waals surface area contributed by atoms with Gasteiger partial charge in [-0.2, -0.15) is 0 Å². The topological polar surface area (TPSA) is 68.3 Å². The monoisotopic (exact) mass is 214 g/mol. The van der Waals surface area contributed by atoms with Crippen molar-refractivity contribution in [3.8, 4) is 0 Å². The van der Waals surface area contributed by atoms with Crippen LogP contribution in [0.4, 0.5) is 0 Å². The zero-order valence-electron chi connectivity index (χ0n) is 8.13. The lowest BCUT2D eigenvalue weighted by Gasteiger charge is -2.21. The Morgan fingerprint density at radius 1 is 0.643 bits per heavy atom. The molecular formula is C9H15AlO4. The molecule has 0 aromatic heterocycles. The van der Waals surface area contributed by atoms with Gasteiger partial charge in [-0.25, -0.2) is 0 Å². The van der Waals surface area contributed by atoms with Crippen LogP contribution in [0.15, 0.2) is 0 Å². The third kappa shape index (κ3) is 2.17. The second kappa shape index (κ2) is 5.18. The Hall–Kier alpha value is -0.788. The fourth-order valence-corrected chi connectivity index (χ4v) is 1.49. The number of carbonyl (C=O) groups is 4. The zero-order valence-corrected chi connectivity index (χ0v) is 8.13. The van der Waals surface area contributed by atoms with Crippen LogP contribution in [0.5, 0.6) is 0 Å². The van der Waals surface area contributed by atoms with Gasteiger partial charge >= 0.3 is 0 Å². The van der Waals surface area contributed by atoms with E-state index in [2.05, 4.69) is 0 Å². The van der Waals surface area contributed by atoms with Gasteiger partial charge in [-0.05, 0) is 27.7 Å². The second-order valence-electron chi connectivity index (χ2n) is 2.97. The summed E-state index contributed by atoms with van der Waals surface area (Å²) in [5.41, 5.74) is -2.06. The standard InChI is InChI=1S/C9H12O4.Al.3H/c1-5(10)9(6(2)11,7(3)12)8(4)13;;;;/h1-4H3;;;;. The molecule has 0 radical (unpaired) electrons. The van der Waals surface area contributed by atoms with E-state index in [0.29, 0.717) is 0 Å². The summed E-state index contributed by atoms with van der Waals surface area (Å²) in [5.74, 6) is -2.83. The molecule has 0 fully saturated rings. The summed E-state index contributed by atoms with van der Waals surface area (Å²) < 4.78 is 0. The molecule has 0 saturated heterocycles. The van der Waals surface area contributed by atoms with E-state index in [-0.39, 0.29) is 17.4 Å². The van der Waals surface area contributed by atoms with Crippen LogP contribution in [-0.2, 0) is 19.2 Å². The quantitative estimate of drug-likeness (QED) is 0.451. The second-order valence-corrected chi connectivity index (χ2v) is 2.97. The average Bonchev–Trinajstić information content (AvgIpc) is 1.82. The fourth-order valence-electron chi connectivity index (χ4n) is 1.49. The van der Waals surface area contributed by atoms with Gasteiger partial charge in [-0.1, -0.05) is 0 Å².